The number of halogens is 5. The lowest BCUT2D eigenvalue weighted by atomic mass is 9.87. The van der Waals surface area contributed by atoms with Crippen LogP contribution in [0.15, 0.2) is 24.3 Å². The molecule has 36 heavy (non-hydrogen) atoms. The maximum absolute atomic E-state index is 14.2. The predicted octanol–water partition coefficient (Wildman–Crippen LogP) is 6.32. The van der Waals surface area contributed by atoms with Gasteiger partial charge < -0.3 is 10.2 Å². The van der Waals surface area contributed by atoms with Crippen molar-refractivity contribution in [2.75, 3.05) is 5.88 Å². The third-order valence-corrected chi connectivity index (χ3v) is 5.61. The molecule has 2 aromatic carbocycles. The van der Waals surface area contributed by atoms with Crippen molar-refractivity contribution < 1.29 is 37.4 Å². The molecule has 0 aliphatic carbocycles. The fourth-order valence-electron chi connectivity index (χ4n) is 3.38. The van der Waals surface area contributed by atoms with Gasteiger partial charge >= 0.3 is 0 Å². The summed E-state index contributed by atoms with van der Waals surface area (Å²) in [5.41, 5.74) is -0.585. The molecule has 9 heteroatoms. The van der Waals surface area contributed by atoms with Gasteiger partial charge in [0.25, 0.3) is 0 Å². The smallest absolute Gasteiger partial charge is 0.135 e. The largest absolute Gasteiger partial charge is 0.388 e. The molecule has 0 aromatic heterocycles. The number of carbonyl (C=O) groups is 2. The number of alkyl halides is 1. The second kappa shape index (κ2) is 13.9. The van der Waals surface area contributed by atoms with Gasteiger partial charge in [0, 0.05) is 35.1 Å². The standard InChI is InChI=1S/C16H22F2O2.C11H11ClF2O2/c1-10(19)9-12-13(17)6-5-11(15(12)18)14(20)7-8-16(2,3)4;1-6(15)4-8-9(13)3-2-7(11(8)14)10(16)5-12/h5-6,14,20H,7-9H2,1-4H3;2-3,10,16H,4-5H2,1H3/t14-;10-/m00/s1. The number of hydrogen-bond donors (Lipinski definition) is 2. The van der Waals surface area contributed by atoms with Gasteiger partial charge in [-0.15, -0.1) is 11.6 Å². The summed E-state index contributed by atoms with van der Waals surface area (Å²) in [7, 11) is 0. The molecule has 0 heterocycles. The molecule has 2 N–H and O–H groups in total. The molecule has 0 spiro atoms. The van der Waals surface area contributed by atoms with E-state index in [9.17, 15) is 37.4 Å². The van der Waals surface area contributed by atoms with E-state index in [1.54, 1.807) is 0 Å². The highest BCUT2D eigenvalue weighted by atomic mass is 35.5. The van der Waals surface area contributed by atoms with Gasteiger partial charge in [0.1, 0.15) is 34.8 Å². The third kappa shape index (κ3) is 9.64. The highest BCUT2D eigenvalue weighted by molar-refractivity contribution is 6.18. The van der Waals surface area contributed by atoms with Gasteiger partial charge in [-0.05, 0) is 44.2 Å². The third-order valence-electron chi connectivity index (χ3n) is 5.32. The van der Waals surface area contributed by atoms with Crippen LogP contribution in [-0.4, -0.2) is 27.7 Å². The van der Waals surface area contributed by atoms with Crippen LogP contribution in [0.5, 0.6) is 0 Å². The van der Waals surface area contributed by atoms with Crippen molar-refractivity contribution in [2.45, 2.75) is 72.5 Å². The van der Waals surface area contributed by atoms with E-state index >= 15 is 0 Å². The van der Waals surface area contributed by atoms with Gasteiger partial charge in [0.05, 0.1) is 18.1 Å². The Balaban J connectivity index is 0.000000369. The Morgan fingerprint density at radius 1 is 0.806 bits per heavy atom. The van der Waals surface area contributed by atoms with Crippen LogP contribution in [0, 0.1) is 28.7 Å². The van der Waals surface area contributed by atoms with E-state index in [0.717, 1.165) is 18.2 Å². The fourth-order valence-corrected chi connectivity index (χ4v) is 3.54. The van der Waals surface area contributed by atoms with Crippen molar-refractivity contribution in [3.8, 4) is 0 Å². The van der Waals surface area contributed by atoms with Crippen LogP contribution in [-0.2, 0) is 22.4 Å². The van der Waals surface area contributed by atoms with Crippen molar-refractivity contribution in [1.82, 2.24) is 0 Å². The zero-order valence-electron chi connectivity index (χ0n) is 21.1. The van der Waals surface area contributed by atoms with Crippen LogP contribution in [0.2, 0.25) is 0 Å². The van der Waals surface area contributed by atoms with Gasteiger partial charge in [-0.2, -0.15) is 0 Å². The molecule has 0 aliphatic heterocycles. The number of aliphatic hydroxyl groups excluding tert-OH is 2. The lowest BCUT2D eigenvalue weighted by Gasteiger charge is -2.21. The summed E-state index contributed by atoms with van der Waals surface area (Å²) in [6, 6.07) is 4.51. The van der Waals surface area contributed by atoms with Crippen LogP contribution < -0.4 is 0 Å². The lowest BCUT2D eigenvalue weighted by molar-refractivity contribution is -0.117. The Labute approximate surface area is 214 Å². The molecule has 2 atom stereocenters. The van der Waals surface area contributed by atoms with Crippen molar-refractivity contribution in [1.29, 1.82) is 0 Å². The minimum atomic E-state index is -1.20. The predicted molar refractivity (Wildman–Crippen MR) is 131 cm³/mol. The van der Waals surface area contributed by atoms with E-state index in [-0.39, 0.29) is 58.0 Å². The van der Waals surface area contributed by atoms with E-state index in [2.05, 4.69) is 0 Å². The molecule has 0 unspecified atom stereocenters. The summed E-state index contributed by atoms with van der Waals surface area (Å²) < 4.78 is 54.7. The number of rotatable bonds is 9. The first-order valence-corrected chi connectivity index (χ1v) is 12.0. The molecule has 0 radical (unpaired) electrons. The van der Waals surface area contributed by atoms with Crippen molar-refractivity contribution in [3.63, 3.8) is 0 Å². The highest BCUT2D eigenvalue weighted by Crippen LogP contribution is 2.30. The van der Waals surface area contributed by atoms with Gasteiger partial charge in [-0.25, -0.2) is 17.6 Å². The van der Waals surface area contributed by atoms with E-state index < -0.39 is 35.5 Å². The molecule has 0 saturated heterocycles. The normalized spacial score (nSPS) is 13.0. The van der Waals surface area contributed by atoms with Crippen LogP contribution in [0.4, 0.5) is 17.6 Å². The Morgan fingerprint density at radius 2 is 1.19 bits per heavy atom. The number of aliphatic hydroxyl groups is 2. The topological polar surface area (TPSA) is 74.6 Å². The first-order valence-electron chi connectivity index (χ1n) is 11.4. The van der Waals surface area contributed by atoms with Gasteiger partial charge in [0.15, 0.2) is 0 Å². The van der Waals surface area contributed by atoms with Gasteiger partial charge in [-0.3, -0.25) is 9.59 Å². The SMILES string of the molecule is CC(=O)Cc1c(F)ccc([C@@H](O)CCC(C)(C)C)c1F.CC(=O)Cc1c(F)ccc([C@@H](O)CCl)c1F. The van der Waals surface area contributed by atoms with Gasteiger partial charge in [0.2, 0.25) is 0 Å². The quantitative estimate of drug-likeness (QED) is 0.292. The molecule has 2 rings (SSSR count). The van der Waals surface area contributed by atoms with E-state index in [4.69, 9.17) is 11.6 Å². The summed E-state index contributed by atoms with van der Waals surface area (Å²) >= 11 is 5.38. The Bertz CT molecular complexity index is 1070. The Kier molecular flexibility index (Phi) is 12.2. The van der Waals surface area contributed by atoms with Crippen LogP contribution >= 0.6 is 11.6 Å². The number of ketones is 2. The fraction of sp³-hybridized carbons (Fsp3) is 0.481. The first-order chi connectivity index (χ1) is 16.6. The second-order valence-corrected chi connectivity index (χ2v) is 10.2. The minimum Gasteiger partial charge on any atom is -0.388 e. The van der Waals surface area contributed by atoms with Crippen molar-refractivity contribution in [2.24, 2.45) is 5.41 Å². The minimum absolute atomic E-state index is 0.0275. The summed E-state index contributed by atoms with van der Waals surface area (Å²) in [6.07, 6.45) is -1.70. The maximum Gasteiger partial charge on any atom is 0.135 e. The number of Topliss-reactive ketones (excluding diaryl/α,β-unsaturated/α-hetero) is 2. The average molecular weight is 533 g/mol. The molecule has 200 valence electrons. The number of hydrogen-bond acceptors (Lipinski definition) is 4. The molecule has 0 amide bonds. The molecular formula is C27H33ClF4O4. The molecule has 0 bridgehead atoms. The monoisotopic (exact) mass is 532 g/mol. The molecule has 4 nitrogen and oxygen atoms in total. The average Bonchev–Trinajstić information content (AvgIpc) is 2.77. The van der Waals surface area contributed by atoms with Crippen molar-refractivity contribution >= 4 is 23.2 Å². The highest BCUT2D eigenvalue weighted by Gasteiger charge is 2.22. The molecular weight excluding hydrogens is 500 g/mol. The number of carbonyl (C=O) groups excluding carboxylic acids is 2. The summed E-state index contributed by atoms with van der Waals surface area (Å²) in [5.74, 6) is -4.10. The van der Waals surface area contributed by atoms with E-state index in [1.165, 1.54) is 19.9 Å². The molecule has 0 aliphatic rings. The Hall–Kier alpha value is -2.29. The summed E-state index contributed by atoms with van der Waals surface area (Å²) in [5, 5.41) is 19.4. The summed E-state index contributed by atoms with van der Waals surface area (Å²) in [6.45, 7) is 8.61. The zero-order valence-corrected chi connectivity index (χ0v) is 21.9. The number of benzene rings is 2. The summed E-state index contributed by atoms with van der Waals surface area (Å²) in [4.78, 5) is 21.9. The molecule has 0 saturated carbocycles. The van der Waals surface area contributed by atoms with Crippen LogP contribution in [0.1, 0.15) is 81.9 Å². The molecule has 0 fully saturated rings. The van der Waals surface area contributed by atoms with E-state index in [0.29, 0.717) is 12.8 Å². The van der Waals surface area contributed by atoms with Crippen molar-refractivity contribution in [3.05, 3.63) is 69.8 Å². The van der Waals surface area contributed by atoms with Crippen LogP contribution in [0.25, 0.3) is 0 Å². The lowest BCUT2D eigenvalue weighted by Crippen LogP contribution is -2.11. The zero-order chi connectivity index (χ0) is 27.8. The molecule has 2 aromatic rings. The Morgan fingerprint density at radius 3 is 1.53 bits per heavy atom. The van der Waals surface area contributed by atoms with Crippen LogP contribution in [0.3, 0.4) is 0 Å². The van der Waals surface area contributed by atoms with E-state index in [1.807, 2.05) is 20.8 Å². The van der Waals surface area contributed by atoms with Gasteiger partial charge in [-0.1, -0.05) is 32.9 Å². The second-order valence-electron chi connectivity index (χ2n) is 9.90. The maximum atomic E-state index is 14.2. The first kappa shape index (κ1) is 31.7.